The van der Waals surface area contributed by atoms with Gasteiger partial charge in [0.25, 0.3) is 5.91 Å². The summed E-state index contributed by atoms with van der Waals surface area (Å²) in [6.07, 6.45) is -11.7. The quantitative estimate of drug-likeness (QED) is 0.151. The van der Waals surface area contributed by atoms with Crippen LogP contribution in [0.25, 0.3) is 0 Å². The highest BCUT2D eigenvalue weighted by molar-refractivity contribution is 7.92. The molecule has 254 valence electrons. The fourth-order valence-corrected chi connectivity index (χ4v) is 6.54. The van der Waals surface area contributed by atoms with Crippen LogP contribution in [0.15, 0.2) is 48.5 Å². The summed E-state index contributed by atoms with van der Waals surface area (Å²) in [6.45, 7) is 0. The van der Waals surface area contributed by atoms with Gasteiger partial charge in [-0.05, 0) is 48.0 Å². The molecule has 47 heavy (non-hydrogen) atoms. The number of benzene rings is 3. The Balaban J connectivity index is 1.51. The van der Waals surface area contributed by atoms with Crippen molar-refractivity contribution in [2.24, 2.45) is 5.92 Å². The lowest BCUT2D eigenvalue weighted by atomic mass is 10.0. The molecule has 0 bridgehead atoms. The van der Waals surface area contributed by atoms with Crippen molar-refractivity contribution in [3.05, 3.63) is 87.7 Å². The Morgan fingerprint density at radius 2 is 1.51 bits per heavy atom. The highest BCUT2D eigenvalue weighted by Gasteiger charge is 2.67. The van der Waals surface area contributed by atoms with E-state index in [0.717, 1.165) is 18.2 Å². The third-order valence-corrected chi connectivity index (χ3v) is 9.25. The molecular weight excluding hydrogens is 740 g/mol. The zero-order valence-electron chi connectivity index (χ0n) is 22.8. The maximum Gasteiger partial charge on any atom is 0.419 e. The number of carbonyl (C=O) groups is 2. The van der Waals surface area contributed by atoms with Gasteiger partial charge in [0.05, 0.1) is 39.9 Å². The van der Waals surface area contributed by atoms with E-state index in [1.54, 1.807) is 0 Å². The van der Waals surface area contributed by atoms with Crippen molar-refractivity contribution >= 4 is 73.7 Å². The minimum atomic E-state index is -5.04. The Kier molecular flexibility index (Phi) is 9.99. The molecule has 0 radical (unpaired) electrons. The van der Waals surface area contributed by atoms with Crippen LogP contribution < -0.4 is 15.4 Å². The summed E-state index contributed by atoms with van der Waals surface area (Å²) in [5, 5.41) is 4.09. The molecule has 1 unspecified atom stereocenters. The number of hydrogen-bond donors (Lipinski definition) is 3. The van der Waals surface area contributed by atoms with E-state index in [-0.39, 0.29) is 16.3 Å². The molecule has 1 aliphatic rings. The molecule has 1 aliphatic carbocycles. The van der Waals surface area contributed by atoms with Crippen LogP contribution in [0.5, 0.6) is 0 Å². The summed E-state index contributed by atoms with van der Waals surface area (Å²) in [6, 6.07) is 6.52. The van der Waals surface area contributed by atoms with E-state index in [1.165, 1.54) is 10.8 Å². The van der Waals surface area contributed by atoms with Crippen LogP contribution in [0.2, 0.25) is 5.02 Å². The first-order valence-corrected chi connectivity index (χ1v) is 15.5. The third kappa shape index (κ3) is 8.36. The van der Waals surface area contributed by atoms with Crippen molar-refractivity contribution in [3.8, 4) is 0 Å². The van der Waals surface area contributed by atoms with Crippen LogP contribution in [0.4, 0.5) is 56.6 Å². The number of anilines is 3. The molecule has 2 atom stereocenters. The molecule has 2 amide bonds. The zero-order chi connectivity index (χ0) is 35.3. The fraction of sp³-hybridized carbons (Fsp3) is 0.259. The van der Waals surface area contributed by atoms with Gasteiger partial charge >= 0.3 is 12.4 Å². The minimum absolute atomic E-state index is 0.132. The maximum absolute atomic E-state index is 15.0. The van der Waals surface area contributed by atoms with Crippen molar-refractivity contribution in [2.45, 2.75) is 29.0 Å². The number of halogens is 12. The summed E-state index contributed by atoms with van der Waals surface area (Å²) in [5.41, 5.74) is -4.52. The first-order chi connectivity index (χ1) is 21.5. The van der Waals surface area contributed by atoms with Crippen molar-refractivity contribution in [2.75, 3.05) is 21.1 Å². The van der Waals surface area contributed by atoms with Gasteiger partial charge in [0.15, 0.2) is 5.82 Å². The van der Waals surface area contributed by atoms with E-state index < -0.39 is 102 Å². The van der Waals surface area contributed by atoms with Crippen LogP contribution in [0, 0.1) is 23.4 Å². The second kappa shape index (κ2) is 12.9. The molecule has 0 saturated heterocycles. The van der Waals surface area contributed by atoms with Gasteiger partial charge in [-0.3, -0.25) is 14.3 Å². The van der Waals surface area contributed by atoms with E-state index in [9.17, 15) is 53.1 Å². The van der Waals surface area contributed by atoms with E-state index in [1.807, 2.05) is 5.32 Å². The molecule has 4 rings (SSSR count). The summed E-state index contributed by atoms with van der Waals surface area (Å²) in [4.78, 5) is 25.9. The lowest BCUT2D eigenvalue weighted by Crippen LogP contribution is -2.23. The molecule has 0 aromatic heterocycles. The molecule has 0 spiro atoms. The zero-order valence-corrected chi connectivity index (χ0v) is 25.8. The van der Waals surface area contributed by atoms with Gasteiger partial charge in [0.1, 0.15) is 21.7 Å². The molecule has 1 fully saturated rings. The molecular formula is C27H17Cl3F9N3O4S. The Labute approximate surface area is 274 Å². The van der Waals surface area contributed by atoms with Crippen LogP contribution in [-0.4, -0.2) is 36.5 Å². The van der Waals surface area contributed by atoms with Gasteiger partial charge < -0.3 is 10.6 Å². The first-order valence-electron chi connectivity index (χ1n) is 12.7. The largest absolute Gasteiger partial charge is 0.419 e. The Morgan fingerprint density at radius 1 is 0.872 bits per heavy atom. The monoisotopic (exact) mass is 755 g/mol. The summed E-state index contributed by atoms with van der Waals surface area (Å²) >= 11 is 18.4. The Hall–Kier alpha value is -3.41. The molecule has 0 aliphatic heterocycles. The van der Waals surface area contributed by atoms with Crippen molar-refractivity contribution in [1.29, 1.82) is 0 Å². The number of carbonyl (C=O) groups excluding carboxylic acids is 2. The SMILES string of the molecule is O=C(Nc1ccc(F)c(NS(=O)(=O)CCC(F)(F)F)c1F)c1cc(NC(=O)C2[C@H](c3ccc(F)c(C(F)(F)F)c3)C2(Cl)Cl)ccc1Cl. The van der Waals surface area contributed by atoms with Gasteiger partial charge in [0.2, 0.25) is 15.9 Å². The average Bonchev–Trinajstić information content (AvgIpc) is 3.53. The standard InChI is InChI=1S/C27H17Cl3F9N3O4S/c28-15-3-2-12(40-24(44)20-19(26(20,29)30)11-1-4-16(31)14(9-11)27(37,38)39)10-13(15)23(43)41-18-6-5-17(32)22(21(18)33)42-47(45,46)8-7-25(34,35)36/h1-6,9-10,19-20,42H,7-8H2,(H,40,44)(H,41,43)/t19-,20?/m0/s1. The summed E-state index contributed by atoms with van der Waals surface area (Å²) in [7, 11) is -4.89. The average molecular weight is 757 g/mol. The normalized spacial score (nSPS) is 17.6. The van der Waals surface area contributed by atoms with Crippen molar-refractivity contribution in [3.63, 3.8) is 0 Å². The Morgan fingerprint density at radius 3 is 2.13 bits per heavy atom. The smallest absolute Gasteiger partial charge is 0.326 e. The second-order valence-corrected chi connectivity index (χ2v) is 13.8. The topological polar surface area (TPSA) is 104 Å². The molecule has 20 heteroatoms. The first kappa shape index (κ1) is 36.4. The maximum atomic E-state index is 15.0. The third-order valence-electron chi connectivity index (χ3n) is 6.72. The second-order valence-electron chi connectivity index (χ2n) is 10.1. The van der Waals surface area contributed by atoms with Gasteiger partial charge in [-0.2, -0.15) is 26.3 Å². The number of sulfonamides is 1. The molecule has 3 N–H and O–H groups in total. The predicted molar refractivity (Wildman–Crippen MR) is 155 cm³/mol. The van der Waals surface area contributed by atoms with Gasteiger partial charge in [-0.1, -0.05) is 17.7 Å². The minimum Gasteiger partial charge on any atom is -0.326 e. The number of rotatable bonds is 9. The molecule has 7 nitrogen and oxygen atoms in total. The van der Waals surface area contributed by atoms with Gasteiger partial charge in [0, 0.05) is 11.6 Å². The number of alkyl halides is 8. The fourth-order valence-electron chi connectivity index (χ4n) is 4.41. The lowest BCUT2D eigenvalue weighted by Gasteiger charge is -2.14. The molecule has 0 heterocycles. The van der Waals surface area contributed by atoms with E-state index in [4.69, 9.17) is 34.8 Å². The van der Waals surface area contributed by atoms with Gasteiger partial charge in [-0.25, -0.2) is 21.6 Å². The predicted octanol–water partition coefficient (Wildman–Crippen LogP) is 8.25. The number of nitrogens with one attached hydrogen (secondary N) is 3. The van der Waals surface area contributed by atoms with E-state index in [2.05, 4.69) is 5.32 Å². The van der Waals surface area contributed by atoms with Gasteiger partial charge in [-0.15, -0.1) is 23.2 Å². The molecule has 3 aromatic rings. The molecule has 1 saturated carbocycles. The van der Waals surface area contributed by atoms with Crippen LogP contribution in [-0.2, 0) is 21.0 Å². The van der Waals surface area contributed by atoms with Crippen LogP contribution in [0.3, 0.4) is 0 Å². The summed E-state index contributed by atoms with van der Waals surface area (Å²) in [5.74, 6) is -10.9. The highest BCUT2D eigenvalue weighted by atomic mass is 35.5. The van der Waals surface area contributed by atoms with E-state index in [0.29, 0.717) is 24.3 Å². The van der Waals surface area contributed by atoms with Crippen molar-refractivity contribution < 1.29 is 57.5 Å². The van der Waals surface area contributed by atoms with Crippen LogP contribution in [0.1, 0.15) is 33.8 Å². The lowest BCUT2D eigenvalue weighted by molar-refractivity contribution is -0.140. The van der Waals surface area contributed by atoms with E-state index >= 15 is 4.39 Å². The molecule has 3 aromatic carbocycles. The van der Waals surface area contributed by atoms with Crippen molar-refractivity contribution in [1.82, 2.24) is 0 Å². The summed E-state index contributed by atoms with van der Waals surface area (Å²) < 4.78 is 143. The number of hydrogen-bond acceptors (Lipinski definition) is 4. The number of amides is 2. The van der Waals surface area contributed by atoms with Crippen LogP contribution >= 0.6 is 34.8 Å². The Bertz CT molecular complexity index is 1860. The highest BCUT2D eigenvalue weighted by Crippen LogP contribution is 2.65.